The van der Waals surface area contributed by atoms with Crippen LogP contribution in [0, 0.1) is 0 Å². The van der Waals surface area contributed by atoms with Crippen LogP contribution in [-0.4, -0.2) is 12.6 Å². The first-order chi connectivity index (χ1) is 3.77. The van der Waals surface area contributed by atoms with E-state index >= 15 is 0 Å². The van der Waals surface area contributed by atoms with E-state index in [4.69, 9.17) is 0 Å². The fourth-order valence-electron chi connectivity index (χ4n) is 0.174. The van der Waals surface area contributed by atoms with Crippen LogP contribution in [0.1, 0.15) is 20.8 Å². The van der Waals surface area contributed by atoms with Gasteiger partial charge in [-0.05, 0) is 6.92 Å². The van der Waals surface area contributed by atoms with Gasteiger partial charge in [-0.25, -0.2) is 4.79 Å². The molecule has 0 aromatic carbocycles. The number of hydrogen-bond donors (Lipinski definition) is 2. The summed E-state index contributed by atoms with van der Waals surface area (Å²) in [5.41, 5.74) is 4.65. The summed E-state index contributed by atoms with van der Waals surface area (Å²) >= 11 is 0. The van der Waals surface area contributed by atoms with Crippen LogP contribution in [0.5, 0.6) is 0 Å². The number of rotatable bonds is 1. The summed E-state index contributed by atoms with van der Waals surface area (Å²) in [6.45, 7) is 6.42. The van der Waals surface area contributed by atoms with Gasteiger partial charge in [0.15, 0.2) is 0 Å². The molecule has 0 radical (unpaired) electrons. The van der Waals surface area contributed by atoms with Crippen LogP contribution in [0.25, 0.3) is 0 Å². The second-order valence-corrected chi connectivity index (χ2v) is 0.895. The fraction of sp³-hybridized carbons (Fsp3) is 0.800. The smallest absolute Gasteiger partial charge is 0.312 e. The topological polar surface area (TPSA) is 55.1 Å². The molecule has 0 aliphatic heterocycles. The van der Waals surface area contributed by atoms with Gasteiger partial charge in [-0.15, -0.1) is 0 Å². The van der Waals surface area contributed by atoms with E-state index in [0.29, 0.717) is 6.54 Å². The normalized spacial score (nSPS) is 6.38. The standard InChI is InChI=1S/C3H8N2O.C2H6/c1-2-5-3(4)6;1-2/h2H2,1H3,(H3,4,5,6);1-2H3. The Morgan fingerprint density at radius 1 is 1.62 bits per heavy atom. The van der Waals surface area contributed by atoms with Gasteiger partial charge >= 0.3 is 6.03 Å². The number of nitrogens with two attached hydrogens (primary N) is 1. The molecule has 0 spiro atoms. The zero-order chi connectivity index (χ0) is 6.99. The largest absolute Gasteiger partial charge is 0.352 e. The van der Waals surface area contributed by atoms with Crippen LogP contribution in [0.3, 0.4) is 0 Å². The van der Waals surface area contributed by atoms with Crippen LogP contribution in [0.4, 0.5) is 4.79 Å². The van der Waals surface area contributed by atoms with Gasteiger partial charge in [-0.3, -0.25) is 0 Å². The maximum atomic E-state index is 9.71. The number of primary amides is 1. The third-order valence-electron chi connectivity index (χ3n) is 0.351. The Kier molecular flexibility index (Phi) is 12.3. The van der Waals surface area contributed by atoms with Crippen molar-refractivity contribution >= 4 is 6.03 Å². The van der Waals surface area contributed by atoms with Crippen LogP contribution in [-0.2, 0) is 0 Å². The summed E-state index contributed by atoms with van der Waals surface area (Å²) in [4.78, 5) is 9.71. The van der Waals surface area contributed by atoms with Crippen LogP contribution >= 0.6 is 0 Å². The molecule has 0 aliphatic carbocycles. The predicted molar refractivity (Wildman–Crippen MR) is 34.6 cm³/mol. The lowest BCUT2D eigenvalue weighted by atomic mass is 10.7. The van der Waals surface area contributed by atoms with Gasteiger partial charge in [-0.1, -0.05) is 13.8 Å². The average Bonchev–Trinajstić information content (AvgIpc) is 1.72. The van der Waals surface area contributed by atoms with Gasteiger partial charge in [-0.2, -0.15) is 0 Å². The lowest BCUT2D eigenvalue weighted by molar-refractivity contribution is 0.249. The molecule has 0 bridgehead atoms. The first-order valence-corrected chi connectivity index (χ1v) is 2.80. The molecule has 0 rings (SSSR count). The number of urea groups is 1. The molecular formula is C5H14N2O. The summed E-state index contributed by atoms with van der Waals surface area (Å²) in [7, 11) is 0. The molecule has 0 aromatic heterocycles. The van der Waals surface area contributed by atoms with E-state index in [1.807, 2.05) is 20.8 Å². The Balaban J connectivity index is 0. The van der Waals surface area contributed by atoms with Gasteiger partial charge in [0.1, 0.15) is 0 Å². The second-order valence-electron chi connectivity index (χ2n) is 0.895. The molecule has 3 N–H and O–H groups in total. The summed E-state index contributed by atoms with van der Waals surface area (Å²) in [6.07, 6.45) is 0. The first kappa shape index (κ1) is 10.3. The van der Waals surface area contributed by atoms with Crippen molar-refractivity contribution in [3.05, 3.63) is 0 Å². The molecule has 0 saturated carbocycles. The molecular weight excluding hydrogens is 104 g/mol. The number of carbonyl (C=O) groups excluding carboxylic acids is 1. The highest BCUT2D eigenvalue weighted by Gasteiger charge is 1.79. The highest BCUT2D eigenvalue weighted by molar-refractivity contribution is 5.71. The van der Waals surface area contributed by atoms with Crippen molar-refractivity contribution < 1.29 is 4.79 Å². The molecule has 3 heteroatoms. The minimum atomic E-state index is -0.461. The van der Waals surface area contributed by atoms with Gasteiger partial charge in [0, 0.05) is 6.54 Å². The fourth-order valence-corrected chi connectivity index (χ4v) is 0.174. The van der Waals surface area contributed by atoms with E-state index in [1.165, 1.54) is 0 Å². The van der Waals surface area contributed by atoms with Gasteiger partial charge in [0.05, 0.1) is 0 Å². The Morgan fingerprint density at radius 2 is 2.00 bits per heavy atom. The summed E-state index contributed by atoms with van der Waals surface area (Å²) in [5.74, 6) is 0. The Labute approximate surface area is 50.3 Å². The van der Waals surface area contributed by atoms with E-state index < -0.39 is 6.03 Å². The van der Waals surface area contributed by atoms with E-state index in [-0.39, 0.29) is 0 Å². The van der Waals surface area contributed by atoms with Crippen molar-refractivity contribution in [2.45, 2.75) is 20.8 Å². The lowest BCUT2D eigenvalue weighted by Crippen LogP contribution is -2.28. The first-order valence-electron chi connectivity index (χ1n) is 2.80. The van der Waals surface area contributed by atoms with Crippen LogP contribution in [0.2, 0.25) is 0 Å². The lowest BCUT2D eigenvalue weighted by Gasteiger charge is -1.88. The predicted octanol–water partition coefficient (Wildman–Crippen LogP) is 0.701. The molecule has 8 heavy (non-hydrogen) atoms. The SMILES string of the molecule is CC.CCNC(N)=O. The van der Waals surface area contributed by atoms with Crippen molar-refractivity contribution in [1.29, 1.82) is 0 Å². The van der Waals surface area contributed by atoms with Gasteiger partial charge < -0.3 is 11.1 Å². The number of amides is 2. The van der Waals surface area contributed by atoms with E-state index in [9.17, 15) is 4.79 Å². The Morgan fingerprint density at radius 3 is 2.00 bits per heavy atom. The maximum absolute atomic E-state index is 9.71. The highest BCUT2D eigenvalue weighted by Crippen LogP contribution is 1.49. The van der Waals surface area contributed by atoms with E-state index in [0.717, 1.165) is 0 Å². The monoisotopic (exact) mass is 118 g/mol. The Hall–Kier alpha value is -0.730. The van der Waals surface area contributed by atoms with Crippen molar-refractivity contribution in [1.82, 2.24) is 5.32 Å². The van der Waals surface area contributed by atoms with Crippen molar-refractivity contribution in [2.24, 2.45) is 5.73 Å². The molecule has 0 fully saturated rings. The molecule has 0 atom stereocenters. The number of carbonyl (C=O) groups is 1. The maximum Gasteiger partial charge on any atom is 0.312 e. The minimum absolute atomic E-state index is 0.461. The number of hydrogen-bond acceptors (Lipinski definition) is 1. The van der Waals surface area contributed by atoms with Gasteiger partial charge in [0.25, 0.3) is 0 Å². The van der Waals surface area contributed by atoms with Crippen molar-refractivity contribution in [2.75, 3.05) is 6.54 Å². The molecule has 3 nitrogen and oxygen atoms in total. The summed E-state index contributed by atoms with van der Waals surface area (Å²) in [6, 6.07) is -0.461. The zero-order valence-corrected chi connectivity index (χ0v) is 5.69. The molecule has 50 valence electrons. The average molecular weight is 118 g/mol. The molecule has 0 heterocycles. The summed E-state index contributed by atoms with van der Waals surface area (Å²) in [5, 5.41) is 2.35. The van der Waals surface area contributed by atoms with Crippen molar-refractivity contribution in [3.8, 4) is 0 Å². The minimum Gasteiger partial charge on any atom is -0.352 e. The molecule has 0 unspecified atom stereocenters. The highest BCUT2D eigenvalue weighted by atomic mass is 16.2. The quantitative estimate of drug-likeness (QED) is 0.523. The Bertz CT molecular complexity index is 54.4. The third-order valence-corrected chi connectivity index (χ3v) is 0.351. The van der Waals surface area contributed by atoms with Gasteiger partial charge in [0.2, 0.25) is 0 Å². The van der Waals surface area contributed by atoms with Crippen LogP contribution < -0.4 is 11.1 Å². The molecule has 0 aromatic rings. The third kappa shape index (κ3) is 18.6. The van der Waals surface area contributed by atoms with Crippen molar-refractivity contribution in [3.63, 3.8) is 0 Å². The molecule has 2 amide bonds. The molecule has 0 saturated heterocycles. The second kappa shape index (κ2) is 9.55. The van der Waals surface area contributed by atoms with E-state index in [2.05, 4.69) is 11.1 Å². The van der Waals surface area contributed by atoms with E-state index in [1.54, 1.807) is 0 Å². The van der Waals surface area contributed by atoms with Crippen LogP contribution in [0.15, 0.2) is 0 Å². The molecule has 0 aliphatic rings. The summed E-state index contributed by atoms with van der Waals surface area (Å²) < 4.78 is 0. The number of nitrogens with one attached hydrogen (secondary N) is 1. The zero-order valence-electron chi connectivity index (χ0n) is 5.69.